The van der Waals surface area contributed by atoms with Gasteiger partial charge in [-0.1, -0.05) is 48.6 Å². The molecule has 0 aliphatic heterocycles. The Bertz CT molecular complexity index is 742. The van der Waals surface area contributed by atoms with Crippen LogP contribution in [-0.4, -0.2) is 18.4 Å². The summed E-state index contributed by atoms with van der Waals surface area (Å²) in [5, 5.41) is 2.58. The third-order valence-electron chi connectivity index (χ3n) is 3.27. The van der Waals surface area contributed by atoms with Gasteiger partial charge in [-0.3, -0.25) is 4.79 Å². The summed E-state index contributed by atoms with van der Waals surface area (Å²) >= 11 is 0. The fraction of sp³-hybridized carbons (Fsp3) is 0.158. The number of carbonyl (C=O) groups excluding carboxylic acids is 2. The van der Waals surface area contributed by atoms with Crippen LogP contribution in [0.5, 0.6) is 0 Å². The van der Waals surface area contributed by atoms with E-state index < -0.39 is 11.9 Å². The largest absolute Gasteiger partial charge is 0.445 e. The first kappa shape index (κ1) is 17.4. The number of Topliss-reactive ketones (excluding diaryl/α,β-unsaturated/α-hetero) is 1. The first-order valence-corrected chi connectivity index (χ1v) is 7.48. The minimum Gasteiger partial charge on any atom is -0.445 e. The minimum atomic E-state index is -0.533. The molecule has 0 spiro atoms. The third kappa shape index (κ3) is 5.35. The van der Waals surface area contributed by atoms with E-state index in [-0.39, 0.29) is 18.9 Å². The second-order valence-electron chi connectivity index (χ2n) is 5.13. The molecule has 1 amide bonds. The van der Waals surface area contributed by atoms with Crippen LogP contribution in [0.2, 0.25) is 0 Å². The van der Waals surface area contributed by atoms with Gasteiger partial charge in [0.1, 0.15) is 12.4 Å². The van der Waals surface area contributed by atoms with Crippen molar-refractivity contribution in [2.75, 3.05) is 6.54 Å². The highest BCUT2D eigenvalue weighted by atomic mass is 19.1. The van der Waals surface area contributed by atoms with Crippen LogP contribution < -0.4 is 5.32 Å². The normalized spacial score (nSPS) is 10.6. The lowest BCUT2D eigenvalue weighted by Gasteiger charge is -2.05. The van der Waals surface area contributed by atoms with Crippen LogP contribution in [0, 0.1) is 5.82 Å². The molecule has 0 aromatic heterocycles. The number of carbonyl (C=O) groups is 2. The number of alkyl carbamates (subject to hydrolysis) is 1. The van der Waals surface area contributed by atoms with E-state index in [1.54, 1.807) is 12.2 Å². The molecule has 0 atom stereocenters. The highest BCUT2D eigenvalue weighted by Gasteiger charge is 2.06. The minimum absolute atomic E-state index is 0.197. The quantitative estimate of drug-likeness (QED) is 0.817. The van der Waals surface area contributed by atoms with Crippen molar-refractivity contribution in [3.63, 3.8) is 0 Å². The molecule has 0 radical (unpaired) electrons. The lowest BCUT2D eigenvalue weighted by atomic mass is 10.0. The standard InChI is InChI=1S/C19H18FNO3/c1-14(22)18-12-17(20)10-9-16(18)8-5-11-21-19(23)24-13-15-6-3-2-4-7-15/h2-10,12H,11,13H2,1H3,(H,21,23). The van der Waals surface area contributed by atoms with E-state index >= 15 is 0 Å². The molecular weight excluding hydrogens is 309 g/mol. The van der Waals surface area contributed by atoms with Crippen molar-refractivity contribution >= 4 is 18.0 Å². The van der Waals surface area contributed by atoms with Crippen LogP contribution in [0.1, 0.15) is 28.4 Å². The molecule has 2 aromatic carbocycles. The van der Waals surface area contributed by atoms with Crippen LogP contribution in [0.15, 0.2) is 54.6 Å². The van der Waals surface area contributed by atoms with Gasteiger partial charge in [-0.05, 0) is 30.2 Å². The zero-order chi connectivity index (χ0) is 17.4. The van der Waals surface area contributed by atoms with Gasteiger partial charge in [0.25, 0.3) is 0 Å². The van der Waals surface area contributed by atoms with E-state index in [4.69, 9.17) is 4.74 Å². The monoisotopic (exact) mass is 327 g/mol. The number of nitrogens with one attached hydrogen (secondary N) is 1. The van der Waals surface area contributed by atoms with Crippen molar-refractivity contribution in [2.24, 2.45) is 0 Å². The lowest BCUT2D eigenvalue weighted by molar-refractivity contribution is 0.101. The fourth-order valence-electron chi connectivity index (χ4n) is 2.08. The van der Waals surface area contributed by atoms with E-state index in [0.29, 0.717) is 11.1 Å². The van der Waals surface area contributed by atoms with Gasteiger partial charge in [0.15, 0.2) is 5.78 Å². The molecule has 0 aliphatic carbocycles. The lowest BCUT2D eigenvalue weighted by Crippen LogP contribution is -2.24. The maximum Gasteiger partial charge on any atom is 0.407 e. The molecule has 0 heterocycles. The molecule has 24 heavy (non-hydrogen) atoms. The maximum atomic E-state index is 13.2. The number of hydrogen-bond donors (Lipinski definition) is 1. The maximum absolute atomic E-state index is 13.2. The number of ketones is 1. The number of rotatable bonds is 6. The van der Waals surface area contributed by atoms with Gasteiger partial charge in [-0.15, -0.1) is 0 Å². The van der Waals surface area contributed by atoms with Gasteiger partial charge in [0.2, 0.25) is 0 Å². The Morgan fingerprint density at radius 2 is 1.92 bits per heavy atom. The third-order valence-corrected chi connectivity index (χ3v) is 3.27. The molecule has 2 aromatic rings. The summed E-state index contributed by atoms with van der Waals surface area (Å²) < 4.78 is 18.2. The zero-order valence-corrected chi connectivity index (χ0v) is 13.3. The van der Waals surface area contributed by atoms with Gasteiger partial charge in [-0.25, -0.2) is 9.18 Å². The van der Waals surface area contributed by atoms with Crippen molar-refractivity contribution in [1.29, 1.82) is 0 Å². The molecule has 0 saturated heterocycles. The molecule has 124 valence electrons. The number of benzene rings is 2. The molecule has 1 N–H and O–H groups in total. The number of halogens is 1. The van der Waals surface area contributed by atoms with Crippen molar-refractivity contribution in [3.05, 3.63) is 77.1 Å². The molecule has 0 saturated carbocycles. The first-order valence-electron chi connectivity index (χ1n) is 7.48. The van der Waals surface area contributed by atoms with Crippen LogP contribution in [-0.2, 0) is 11.3 Å². The predicted molar refractivity (Wildman–Crippen MR) is 90.1 cm³/mol. The Balaban J connectivity index is 1.82. The molecule has 2 rings (SSSR count). The topological polar surface area (TPSA) is 55.4 Å². The van der Waals surface area contributed by atoms with E-state index in [1.165, 1.54) is 25.1 Å². The molecule has 0 fully saturated rings. The Morgan fingerprint density at radius 3 is 2.62 bits per heavy atom. The molecule has 4 nitrogen and oxygen atoms in total. The van der Waals surface area contributed by atoms with Crippen molar-refractivity contribution < 1.29 is 18.7 Å². The van der Waals surface area contributed by atoms with E-state index in [0.717, 1.165) is 5.56 Å². The van der Waals surface area contributed by atoms with Crippen LogP contribution in [0.4, 0.5) is 9.18 Å². The second-order valence-corrected chi connectivity index (χ2v) is 5.13. The van der Waals surface area contributed by atoms with Gasteiger partial charge in [-0.2, -0.15) is 0 Å². The average molecular weight is 327 g/mol. The molecule has 0 bridgehead atoms. The first-order chi connectivity index (χ1) is 11.6. The Hall–Kier alpha value is -2.95. The highest BCUT2D eigenvalue weighted by molar-refractivity contribution is 5.97. The van der Waals surface area contributed by atoms with Crippen molar-refractivity contribution in [2.45, 2.75) is 13.5 Å². The Morgan fingerprint density at radius 1 is 1.17 bits per heavy atom. The Kier molecular flexibility index (Phi) is 6.25. The summed E-state index contributed by atoms with van der Waals surface area (Å²) in [5.41, 5.74) is 1.81. The van der Waals surface area contributed by atoms with Gasteiger partial charge < -0.3 is 10.1 Å². The highest BCUT2D eigenvalue weighted by Crippen LogP contribution is 2.13. The van der Waals surface area contributed by atoms with E-state index in [9.17, 15) is 14.0 Å². The van der Waals surface area contributed by atoms with Crippen LogP contribution in [0.3, 0.4) is 0 Å². The van der Waals surface area contributed by atoms with Crippen LogP contribution in [0.25, 0.3) is 6.08 Å². The SMILES string of the molecule is CC(=O)c1cc(F)ccc1C=CCNC(=O)OCc1ccccc1. The van der Waals surface area contributed by atoms with Crippen molar-refractivity contribution in [1.82, 2.24) is 5.32 Å². The molecule has 0 unspecified atom stereocenters. The Labute approximate surface area is 140 Å². The molecule has 0 aliphatic rings. The summed E-state index contributed by atoms with van der Waals surface area (Å²) in [5.74, 6) is -0.677. The average Bonchev–Trinajstić information content (AvgIpc) is 2.58. The molecular formula is C19H18FNO3. The summed E-state index contributed by atoms with van der Waals surface area (Å²) in [4.78, 5) is 23.1. The van der Waals surface area contributed by atoms with Gasteiger partial charge in [0.05, 0.1) is 0 Å². The van der Waals surface area contributed by atoms with Gasteiger partial charge >= 0.3 is 6.09 Å². The number of amides is 1. The van der Waals surface area contributed by atoms with E-state index in [1.807, 2.05) is 30.3 Å². The smallest absolute Gasteiger partial charge is 0.407 e. The van der Waals surface area contributed by atoms with Crippen molar-refractivity contribution in [3.8, 4) is 0 Å². The fourth-order valence-corrected chi connectivity index (χ4v) is 2.08. The summed E-state index contributed by atoms with van der Waals surface area (Å²) in [6.07, 6.45) is 2.80. The summed E-state index contributed by atoms with van der Waals surface area (Å²) in [6.45, 7) is 1.82. The van der Waals surface area contributed by atoms with E-state index in [2.05, 4.69) is 5.32 Å². The number of hydrogen-bond acceptors (Lipinski definition) is 3. The second kappa shape index (κ2) is 8.62. The van der Waals surface area contributed by atoms with Gasteiger partial charge in [0, 0.05) is 12.1 Å². The summed E-state index contributed by atoms with van der Waals surface area (Å²) in [6, 6.07) is 13.4. The predicted octanol–water partition coefficient (Wildman–Crippen LogP) is 3.97. The summed E-state index contributed by atoms with van der Waals surface area (Å²) in [7, 11) is 0. The zero-order valence-electron chi connectivity index (χ0n) is 13.3. The molecule has 5 heteroatoms. The van der Waals surface area contributed by atoms with Crippen LogP contribution >= 0.6 is 0 Å². The number of ether oxygens (including phenoxy) is 1.